The minimum absolute atomic E-state index is 0.0190. The highest BCUT2D eigenvalue weighted by Gasteiger charge is 2.32. The number of aryl methyl sites for hydroxylation is 1. The summed E-state index contributed by atoms with van der Waals surface area (Å²) < 4.78 is 21.5. The summed E-state index contributed by atoms with van der Waals surface area (Å²) >= 11 is 0. The molecule has 0 N–H and O–H groups in total. The van der Waals surface area contributed by atoms with Crippen LogP contribution in [0.1, 0.15) is 24.4 Å². The van der Waals surface area contributed by atoms with Gasteiger partial charge < -0.3 is 14.2 Å². The topological polar surface area (TPSA) is 50.6 Å². The number of carbonyl (C=O) groups is 1. The first-order chi connectivity index (χ1) is 15.0. The normalized spacial score (nSPS) is 16.7. The Kier molecular flexibility index (Phi) is 6.32. The maximum atomic E-state index is 13.9. The van der Waals surface area contributed by atoms with E-state index in [1.165, 1.54) is 17.7 Å². The van der Waals surface area contributed by atoms with E-state index in [2.05, 4.69) is 22.0 Å². The monoisotopic (exact) mass is 422 g/mol. The van der Waals surface area contributed by atoms with E-state index in [1.54, 1.807) is 24.0 Å². The highest BCUT2D eigenvalue weighted by Crippen LogP contribution is 2.28. The predicted molar refractivity (Wildman–Crippen MR) is 116 cm³/mol. The number of rotatable bonds is 6. The summed E-state index contributed by atoms with van der Waals surface area (Å²) in [6.45, 7) is 4.26. The molecule has 0 bridgehead atoms. The van der Waals surface area contributed by atoms with E-state index in [0.717, 1.165) is 5.82 Å². The quantitative estimate of drug-likeness (QED) is 0.612. The van der Waals surface area contributed by atoms with Gasteiger partial charge in [-0.2, -0.15) is 0 Å². The summed E-state index contributed by atoms with van der Waals surface area (Å²) in [5, 5.41) is 0. The first-order valence-electron chi connectivity index (χ1n) is 10.5. The molecule has 1 saturated heterocycles. The zero-order chi connectivity index (χ0) is 21.8. The third-order valence-electron chi connectivity index (χ3n) is 5.70. The molecule has 1 amide bonds. The molecule has 2 atom stereocenters. The fourth-order valence-electron chi connectivity index (χ4n) is 4.04. The first-order valence-corrected chi connectivity index (χ1v) is 10.5. The van der Waals surface area contributed by atoms with Crippen molar-refractivity contribution in [1.29, 1.82) is 0 Å². The van der Waals surface area contributed by atoms with E-state index in [1.807, 2.05) is 42.2 Å². The smallest absolute Gasteiger partial charge is 0.263 e. The molecule has 1 aliphatic heterocycles. The fraction of sp³-hybridized carbons (Fsp3) is 0.333. The second-order valence-corrected chi connectivity index (χ2v) is 7.76. The summed E-state index contributed by atoms with van der Waals surface area (Å²) in [5.74, 6) is 0.479. The number of carbonyl (C=O) groups excluding carboxylic acids is 1. The molecule has 1 fully saturated rings. The molecule has 162 valence electrons. The molecular weight excluding hydrogens is 395 g/mol. The van der Waals surface area contributed by atoms with E-state index < -0.39 is 11.9 Å². The van der Waals surface area contributed by atoms with Crippen molar-refractivity contribution in [3.63, 3.8) is 0 Å². The molecule has 4 rings (SSSR count). The van der Waals surface area contributed by atoms with Crippen LogP contribution in [0.2, 0.25) is 0 Å². The predicted octanol–water partition coefficient (Wildman–Crippen LogP) is 3.26. The molecular formula is C24H27FN4O2. The number of ether oxygens (including phenoxy) is 1. The van der Waals surface area contributed by atoms with Crippen molar-refractivity contribution >= 4 is 5.91 Å². The number of aromatic nitrogens is 2. The number of benzene rings is 2. The van der Waals surface area contributed by atoms with Crippen LogP contribution in [-0.2, 0) is 11.8 Å². The van der Waals surface area contributed by atoms with Gasteiger partial charge in [-0.15, -0.1) is 0 Å². The van der Waals surface area contributed by atoms with Gasteiger partial charge in [-0.25, -0.2) is 9.37 Å². The molecule has 0 aliphatic carbocycles. The Labute approximate surface area is 181 Å². The second-order valence-electron chi connectivity index (χ2n) is 7.76. The van der Waals surface area contributed by atoms with E-state index in [-0.39, 0.29) is 17.7 Å². The Bertz CT molecular complexity index is 1020. The van der Waals surface area contributed by atoms with Gasteiger partial charge >= 0.3 is 0 Å². The van der Waals surface area contributed by atoms with Crippen molar-refractivity contribution in [2.24, 2.45) is 7.05 Å². The van der Waals surface area contributed by atoms with Gasteiger partial charge in [-0.3, -0.25) is 9.69 Å². The number of piperazine rings is 1. The number of halogens is 1. The molecule has 0 spiro atoms. The van der Waals surface area contributed by atoms with Crippen LogP contribution in [0.25, 0.3) is 0 Å². The first kappa shape index (κ1) is 21.1. The van der Waals surface area contributed by atoms with Gasteiger partial charge in [0.1, 0.15) is 5.82 Å². The Morgan fingerprint density at radius 3 is 2.35 bits per heavy atom. The zero-order valence-corrected chi connectivity index (χ0v) is 17.8. The standard InChI is InChI=1S/C24H27FN4O2/c1-18(31-21-11-7-6-10-20(21)25)24(30)29-16-14-28(15-17-29)22(19-8-4-3-5-9-19)23-26-12-13-27(23)2/h3-13,18,22H,14-17H2,1-2H3/t18-,22-/m0/s1. The Hall–Kier alpha value is -3.19. The molecule has 3 aromatic rings. The summed E-state index contributed by atoms with van der Waals surface area (Å²) in [7, 11) is 2.00. The van der Waals surface area contributed by atoms with Crippen molar-refractivity contribution in [3.8, 4) is 5.75 Å². The fourth-order valence-corrected chi connectivity index (χ4v) is 4.04. The molecule has 0 saturated carbocycles. The second kappa shape index (κ2) is 9.31. The summed E-state index contributed by atoms with van der Waals surface area (Å²) in [6, 6.07) is 16.5. The molecule has 31 heavy (non-hydrogen) atoms. The zero-order valence-electron chi connectivity index (χ0n) is 17.8. The summed E-state index contributed by atoms with van der Waals surface area (Å²) in [5.41, 5.74) is 1.17. The van der Waals surface area contributed by atoms with Crippen LogP contribution in [0.15, 0.2) is 67.0 Å². The van der Waals surface area contributed by atoms with E-state index in [4.69, 9.17) is 4.74 Å². The molecule has 2 aromatic carbocycles. The van der Waals surface area contributed by atoms with Crippen LogP contribution >= 0.6 is 0 Å². The SMILES string of the molecule is C[C@H](Oc1ccccc1F)C(=O)N1CCN([C@@H](c2ccccc2)c2nccn2C)CC1. The van der Waals surface area contributed by atoms with Crippen molar-refractivity contribution in [2.45, 2.75) is 19.1 Å². The maximum Gasteiger partial charge on any atom is 0.263 e. The van der Waals surface area contributed by atoms with Crippen LogP contribution in [0, 0.1) is 5.82 Å². The van der Waals surface area contributed by atoms with Crippen molar-refractivity contribution in [2.75, 3.05) is 26.2 Å². The lowest BCUT2D eigenvalue weighted by atomic mass is 10.0. The molecule has 1 aromatic heterocycles. The molecule has 1 aliphatic rings. The van der Waals surface area contributed by atoms with Crippen LogP contribution in [0.5, 0.6) is 5.75 Å². The molecule has 7 heteroatoms. The van der Waals surface area contributed by atoms with Crippen LogP contribution in [0.3, 0.4) is 0 Å². The number of nitrogens with zero attached hydrogens (tertiary/aromatic N) is 4. The van der Waals surface area contributed by atoms with Gasteiger partial charge in [0, 0.05) is 45.6 Å². The van der Waals surface area contributed by atoms with Crippen LogP contribution < -0.4 is 4.74 Å². The van der Waals surface area contributed by atoms with Gasteiger partial charge in [0.2, 0.25) is 0 Å². The average molecular weight is 423 g/mol. The van der Waals surface area contributed by atoms with Crippen molar-refractivity contribution in [3.05, 3.63) is 84.2 Å². The highest BCUT2D eigenvalue weighted by molar-refractivity contribution is 5.81. The Morgan fingerprint density at radius 2 is 1.71 bits per heavy atom. The number of imidazole rings is 1. The minimum atomic E-state index is -0.747. The van der Waals surface area contributed by atoms with E-state index in [9.17, 15) is 9.18 Å². The van der Waals surface area contributed by atoms with E-state index in [0.29, 0.717) is 26.2 Å². The lowest BCUT2D eigenvalue weighted by Gasteiger charge is -2.39. The number of hydrogen-bond acceptors (Lipinski definition) is 4. The average Bonchev–Trinajstić information content (AvgIpc) is 3.21. The van der Waals surface area contributed by atoms with Crippen molar-refractivity contribution < 1.29 is 13.9 Å². The highest BCUT2D eigenvalue weighted by atomic mass is 19.1. The Morgan fingerprint density at radius 1 is 1.03 bits per heavy atom. The lowest BCUT2D eigenvalue weighted by Crippen LogP contribution is -2.52. The minimum Gasteiger partial charge on any atom is -0.478 e. The molecule has 0 radical (unpaired) electrons. The molecule has 0 unspecified atom stereocenters. The Balaban J connectivity index is 1.43. The third kappa shape index (κ3) is 4.61. The number of para-hydroxylation sites is 1. The van der Waals surface area contributed by atoms with E-state index >= 15 is 0 Å². The lowest BCUT2D eigenvalue weighted by molar-refractivity contribution is -0.140. The van der Waals surface area contributed by atoms with Crippen LogP contribution in [0.4, 0.5) is 4.39 Å². The maximum absolute atomic E-state index is 13.9. The molecule has 6 nitrogen and oxygen atoms in total. The van der Waals surface area contributed by atoms with Crippen molar-refractivity contribution in [1.82, 2.24) is 19.4 Å². The largest absolute Gasteiger partial charge is 0.478 e. The summed E-state index contributed by atoms with van der Waals surface area (Å²) in [4.78, 5) is 21.6. The van der Waals surface area contributed by atoms with Gasteiger partial charge in [0.15, 0.2) is 17.7 Å². The third-order valence-corrected chi connectivity index (χ3v) is 5.70. The van der Waals surface area contributed by atoms with Gasteiger partial charge in [0.05, 0.1) is 6.04 Å². The number of hydrogen-bond donors (Lipinski definition) is 0. The van der Waals surface area contributed by atoms with Gasteiger partial charge in [0.25, 0.3) is 5.91 Å². The van der Waals surface area contributed by atoms with Gasteiger partial charge in [-0.05, 0) is 24.6 Å². The molecule has 2 heterocycles. The number of amides is 1. The van der Waals surface area contributed by atoms with Crippen LogP contribution in [-0.4, -0.2) is 57.5 Å². The van der Waals surface area contributed by atoms with Gasteiger partial charge in [-0.1, -0.05) is 42.5 Å². The summed E-state index contributed by atoms with van der Waals surface area (Å²) in [6.07, 6.45) is 3.02.